The van der Waals surface area contributed by atoms with Crippen LogP contribution in [0.15, 0.2) is 64.0 Å². The predicted octanol–water partition coefficient (Wildman–Crippen LogP) is 3.50. The lowest BCUT2D eigenvalue weighted by Crippen LogP contribution is -2.33. The van der Waals surface area contributed by atoms with Crippen LogP contribution in [0.5, 0.6) is 0 Å². The molecular formula is C17H10N4O2S. The van der Waals surface area contributed by atoms with Gasteiger partial charge in [-0.1, -0.05) is 0 Å². The zero-order chi connectivity index (χ0) is 16.1. The molecule has 1 aromatic carbocycles. The van der Waals surface area contributed by atoms with E-state index in [0.717, 1.165) is 11.1 Å². The first kappa shape index (κ1) is 13.3. The van der Waals surface area contributed by atoms with Crippen molar-refractivity contribution in [2.24, 2.45) is 0 Å². The molecule has 6 nitrogen and oxygen atoms in total. The summed E-state index contributed by atoms with van der Waals surface area (Å²) in [5, 5.41) is 25.0. The van der Waals surface area contributed by atoms with Crippen molar-refractivity contribution in [3.8, 4) is 22.5 Å². The maximum atomic E-state index is 12.3. The van der Waals surface area contributed by atoms with Crippen molar-refractivity contribution in [1.82, 2.24) is 14.7 Å². The molecule has 0 aliphatic heterocycles. The fourth-order valence-electron chi connectivity index (χ4n) is 2.82. The second-order valence-electron chi connectivity index (χ2n) is 5.36. The summed E-state index contributed by atoms with van der Waals surface area (Å²) in [5.41, 5.74) is 4.48. The fourth-order valence-corrected chi connectivity index (χ4v) is 3.49. The molecule has 24 heavy (non-hydrogen) atoms. The minimum absolute atomic E-state index is 0.468. The van der Waals surface area contributed by atoms with Crippen LogP contribution in [0.1, 0.15) is 0 Å². The Morgan fingerprint density at radius 3 is 2.92 bits per heavy atom. The zero-order valence-electron chi connectivity index (χ0n) is 12.3. The molecule has 0 unspecified atom stereocenters. The highest BCUT2D eigenvalue weighted by Crippen LogP contribution is 2.28. The van der Waals surface area contributed by atoms with E-state index in [1.807, 2.05) is 29.6 Å². The maximum absolute atomic E-state index is 12.3. The quantitative estimate of drug-likeness (QED) is 0.366. The molecule has 0 N–H and O–H groups in total. The van der Waals surface area contributed by atoms with Crippen LogP contribution in [0.25, 0.3) is 39.1 Å². The van der Waals surface area contributed by atoms with Gasteiger partial charge in [-0.25, -0.2) is 4.52 Å². The number of rotatable bonds is 2. The molecule has 0 saturated heterocycles. The first-order valence-corrected chi connectivity index (χ1v) is 8.23. The van der Waals surface area contributed by atoms with Crippen LogP contribution in [0.4, 0.5) is 0 Å². The van der Waals surface area contributed by atoms with Crippen molar-refractivity contribution < 1.29 is 9.26 Å². The fraction of sp³-hybridized carbons (Fsp3) is 0. The smallest absolute Gasteiger partial charge is 0.270 e. The Hall–Kier alpha value is -3.19. The van der Waals surface area contributed by atoms with Crippen LogP contribution in [0.3, 0.4) is 0 Å². The lowest BCUT2D eigenvalue weighted by Gasteiger charge is -2.04. The van der Waals surface area contributed by atoms with Crippen LogP contribution in [0.2, 0.25) is 0 Å². The van der Waals surface area contributed by atoms with E-state index in [0.29, 0.717) is 32.8 Å². The van der Waals surface area contributed by atoms with Crippen molar-refractivity contribution in [3.05, 3.63) is 64.8 Å². The number of benzene rings is 1. The van der Waals surface area contributed by atoms with Gasteiger partial charge in [-0.3, -0.25) is 0 Å². The molecule has 0 amide bonds. The summed E-state index contributed by atoms with van der Waals surface area (Å²) in [7, 11) is 0. The summed E-state index contributed by atoms with van der Waals surface area (Å²) in [5.74, 6) is 0.630. The highest BCUT2D eigenvalue weighted by atomic mass is 32.1. The van der Waals surface area contributed by atoms with Crippen LogP contribution in [-0.2, 0) is 0 Å². The molecule has 4 heterocycles. The summed E-state index contributed by atoms with van der Waals surface area (Å²) in [6.45, 7) is 0. The highest BCUT2D eigenvalue weighted by molar-refractivity contribution is 7.08. The molecule has 7 heteroatoms. The molecular weight excluding hydrogens is 324 g/mol. The molecule has 4 aromatic heterocycles. The molecule has 0 bridgehead atoms. The highest BCUT2D eigenvalue weighted by Gasteiger charge is 2.19. The normalized spacial score (nSPS) is 11.5. The van der Waals surface area contributed by atoms with Gasteiger partial charge in [-0.05, 0) is 57.1 Å². The Morgan fingerprint density at radius 2 is 2.12 bits per heavy atom. The third-order valence-electron chi connectivity index (χ3n) is 3.98. The van der Waals surface area contributed by atoms with E-state index in [4.69, 9.17) is 4.42 Å². The van der Waals surface area contributed by atoms with E-state index < -0.39 is 0 Å². The number of hydrogen-bond donors (Lipinski definition) is 0. The summed E-state index contributed by atoms with van der Waals surface area (Å²) < 4.78 is 7.10. The second-order valence-corrected chi connectivity index (χ2v) is 6.14. The van der Waals surface area contributed by atoms with Gasteiger partial charge in [0, 0.05) is 11.2 Å². The third kappa shape index (κ3) is 1.85. The van der Waals surface area contributed by atoms with E-state index in [2.05, 4.69) is 15.6 Å². The van der Waals surface area contributed by atoms with Crippen LogP contribution in [0, 0.1) is 5.21 Å². The van der Waals surface area contributed by atoms with E-state index >= 15 is 0 Å². The average Bonchev–Trinajstić information content (AvgIpc) is 3.35. The van der Waals surface area contributed by atoms with Crippen LogP contribution < -0.4 is 4.85 Å². The van der Waals surface area contributed by atoms with Gasteiger partial charge in [0.2, 0.25) is 5.65 Å². The monoisotopic (exact) mass is 334 g/mol. The standard InChI is InChI=1S/C17H10N4O2S/c22-21-14-4-3-11(12-5-7-24-10-12)8-15(14)20-17(19-21)13(9-18-20)16-2-1-6-23-16/h1-10H. The average molecular weight is 334 g/mol. The molecule has 0 radical (unpaired) electrons. The van der Waals surface area contributed by atoms with E-state index in [1.54, 1.807) is 40.4 Å². The summed E-state index contributed by atoms with van der Waals surface area (Å²) >= 11 is 1.63. The molecule has 5 rings (SSSR count). The lowest BCUT2D eigenvalue weighted by atomic mass is 10.1. The molecule has 116 valence electrons. The Bertz CT molecular complexity index is 1160. The number of aromatic nitrogens is 4. The molecule has 0 spiro atoms. The van der Waals surface area contributed by atoms with Gasteiger partial charge in [0.15, 0.2) is 0 Å². The van der Waals surface area contributed by atoms with E-state index in [1.165, 1.54) is 0 Å². The second kappa shape index (κ2) is 4.90. The first-order chi connectivity index (χ1) is 11.8. The Labute approximate surface area is 139 Å². The van der Waals surface area contributed by atoms with Gasteiger partial charge in [-0.15, -0.1) is 0 Å². The van der Waals surface area contributed by atoms with E-state index in [-0.39, 0.29) is 0 Å². The van der Waals surface area contributed by atoms with Gasteiger partial charge in [0.05, 0.1) is 18.0 Å². The SMILES string of the molecule is [O-][n+]1nc2c(-c3ccco3)cnn2c2cc(-c3ccsc3)ccc21. The summed E-state index contributed by atoms with van der Waals surface area (Å²) in [6, 6.07) is 11.3. The van der Waals surface area contributed by atoms with Crippen LogP contribution in [-0.4, -0.2) is 14.7 Å². The van der Waals surface area contributed by atoms with Gasteiger partial charge in [-0.2, -0.15) is 16.4 Å². The topological polar surface area (TPSA) is 70.3 Å². The zero-order valence-corrected chi connectivity index (χ0v) is 13.1. The Balaban J connectivity index is 1.84. The molecule has 0 fully saturated rings. The number of fused-ring (bicyclic) bond motifs is 3. The molecule has 0 aliphatic rings. The summed E-state index contributed by atoms with van der Waals surface area (Å²) in [4.78, 5) is 0.635. The van der Waals surface area contributed by atoms with Crippen molar-refractivity contribution >= 4 is 28.0 Å². The van der Waals surface area contributed by atoms with Crippen molar-refractivity contribution in [2.75, 3.05) is 0 Å². The number of thiophene rings is 1. The number of hydrogen-bond acceptors (Lipinski definition) is 5. The minimum atomic E-state index is 0.468. The van der Waals surface area contributed by atoms with Crippen molar-refractivity contribution in [3.63, 3.8) is 0 Å². The first-order valence-electron chi connectivity index (χ1n) is 7.29. The van der Waals surface area contributed by atoms with Gasteiger partial charge in [0.1, 0.15) is 11.3 Å². The number of nitrogens with zero attached hydrogens (tertiary/aromatic N) is 4. The Kier molecular flexibility index (Phi) is 2.71. The third-order valence-corrected chi connectivity index (χ3v) is 4.66. The minimum Gasteiger partial charge on any atom is -0.594 e. The molecule has 0 saturated carbocycles. The molecule has 0 aliphatic carbocycles. The molecule has 5 aromatic rings. The maximum Gasteiger partial charge on any atom is 0.270 e. The lowest BCUT2D eigenvalue weighted by molar-refractivity contribution is -0.640. The predicted molar refractivity (Wildman–Crippen MR) is 90.5 cm³/mol. The summed E-state index contributed by atoms with van der Waals surface area (Å²) in [6.07, 6.45) is 3.25. The van der Waals surface area contributed by atoms with E-state index in [9.17, 15) is 5.21 Å². The van der Waals surface area contributed by atoms with Crippen molar-refractivity contribution in [2.45, 2.75) is 0 Å². The largest absolute Gasteiger partial charge is 0.594 e. The van der Waals surface area contributed by atoms with Gasteiger partial charge < -0.3 is 9.62 Å². The number of furan rings is 1. The van der Waals surface area contributed by atoms with Crippen molar-refractivity contribution in [1.29, 1.82) is 0 Å². The van der Waals surface area contributed by atoms with Crippen LogP contribution >= 0.6 is 11.3 Å². The molecule has 0 atom stereocenters. The van der Waals surface area contributed by atoms with Gasteiger partial charge >= 0.3 is 0 Å². The van der Waals surface area contributed by atoms with Gasteiger partial charge in [0.25, 0.3) is 5.52 Å². The Morgan fingerprint density at radius 1 is 1.17 bits per heavy atom.